The summed E-state index contributed by atoms with van der Waals surface area (Å²) < 4.78 is 5.30. The number of hydrogen-bond acceptors (Lipinski definition) is 2. The summed E-state index contributed by atoms with van der Waals surface area (Å²) in [6, 6.07) is 1.42. The quantitative estimate of drug-likeness (QED) is 0.491. The van der Waals surface area contributed by atoms with E-state index in [1.54, 1.807) is 0 Å². The molecule has 2 nitrogen and oxygen atoms in total. The van der Waals surface area contributed by atoms with Crippen LogP contribution in [0.2, 0.25) is 6.04 Å². The standard InChI is InChI=1S/C10H21NOSi/c1-10(2)9-13-8-5-11-3-6-12-7-4-11/h9H,3-8,13H2,1-2H3. The number of hydrogen-bond donors (Lipinski definition) is 0. The summed E-state index contributed by atoms with van der Waals surface area (Å²) in [5.74, 6) is 0. The number of allylic oxidation sites excluding steroid dienone is 1. The van der Waals surface area contributed by atoms with Gasteiger partial charge in [0.05, 0.1) is 13.2 Å². The van der Waals surface area contributed by atoms with Crippen LogP contribution in [0, 0.1) is 0 Å². The molecule has 0 aromatic rings. The van der Waals surface area contributed by atoms with Crippen molar-refractivity contribution in [2.45, 2.75) is 19.9 Å². The molecule has 0 aliphatic carbocycles. The Balaban J connectivity index is 2.01. The van der Waals surface area contributed by atoms with Gasteiger partial charge in [0.1, 0.15) is 0 Å². The fraction of sp³-hybridized carbons (Fsp3) is 0.800. The molecule has 76 valence electrons. The molecule has 1 aliphatic heterocycles. The van der Waals surface area contributed by atoms with Gasteiger partial charge in [-0.3, -0.25) is 4.90 Å². The SMILES string of the molecule is CC(C)=C[SiH2]CCN1CCOCC1. The van der Waals surface area contributed by atoms with Crippen molar-refractivity contribution in [1.29, 1.82) is 0 Å². The van der Waals surface area contributed by atoms with Gasteiger partial charge in [0.2, 0.25) is 0 Å². The number of morpholine rings is 1. The van der Waals surface area contributed by atoms with Crippen molar-refractivity contribution < 1.29 is 4.74 Å². The van der Waals surface area contributed by atoms with Crippen LogP contribution in [0.4, 0.5) is 0 Å². The maximum Gasteiger partial charge on any atom is 0.0594 e. The van der Waals surface area contributed by atoms with E-state index in [0.717, 1.165) is 26.3 Å². The minimum absolute atomic E-state index is 0.0743. The largest absolute Gasteiger partial charge is 0.379 e. The summed E-state index contributed by atoms with van der Waals surface area (Å²) in [5, 5.41) is 0. The second-order valence-electron chi connectivity index (χ2n) is 3.88. The first-order valence-electron chi connectivity index (χ1n) is 5.22. The summed E-state index contributed by atoms with van der Waals surface area (Å²) in [7, 11) is 0.0743. The third-order valence-corrected chi connectivity index (χ3v) is 4.16. The average Bonchev–Trinajstić information content (AvgIpc) is 2.14. The third kappa shape index (κ3) is 5.24. The number of nitrogens with zero attached hydrogens (tertiary/aromatic N) is 1. The molecule has 0 saturated carbocycles. The Hall–Kier alpha value is -0.123. The monoisotopic (exact) mass is 199 g/mol. The second-order valence-corrected chi connectivity index (χ2v) is 5.57. The van der Waals surface area contributed by atoms with Gasteiger partial charge in [-0.05, 0) is 26.4 Å². The van der Waals surface area contributed by atoms with Gasteiger partial charge in [-0.25, -0.2) is 0 Å². The zero-order chi connectivity index (χ0) is 9.52. The fourth-order valence-corrected chi connectivity index (χ4v) is 2.94. The molecule has 1 rings (SSSR count). The maximum atomic E-state index is 5.30. The lowest BCUT2D eigenvalue weighted by Gasteiger charge is -2.26. The normalized spacial score (nSPS) is 19.5. The molecule has 1 heterocycles. The molecule has 0 spiro atoms. The smallest absolute Gasteiger partial charge is 0.0594 e. The molecule has 0 aromatic carbocycles. The molecule has 0 bridgehead atoms. The molecule has 0 radical (unpaired) electrons. The van der Waals surface area contributed by atoms with Crippen LogP contribution in [0.1, 0.15) is 13.8 Å². The van der Waals surface area contributed by atoms with Crippen molar-refractivity contribution in [3.05, 3.63) is 11.3 Å². The van der Waals surface area contributed by atoms with Gasteiger partial charge in [-0.15, -0.1) is 5.70 Å². The Morgan fingerprint density at radius 1 is 1.38 bits per heavy atom. The maximum absolute atomic E-state index is 5.30. The Morgan fingerprint density at radius 3 is 2.69 bits per heavy atom. The van der Waals surface area contributed by atoms with Gasteiger partial charge in [0.25, 0.3) is 0 Å². The van der Waals surface area contributed by atoms with E-state index >= 15 is 0 Å². The lowest BCUT2D eigenvalue weighted by Crippen LogP contribution is -2.37. The van der Waals surface area contributed by atoms with Crippen LogP contribution in [-0.2, 0) is 4.74 Å². The van der Waals surface area contributed by atoms with Gasteiger partial charge in [0.15, 0.2) is 0 Å². The van der Waals surface area contributed by atoms with E-state index in [1.807, 2.05) is 0 Å². The fourth-order valence-electron chi connectivity index (χ4n) is 1.53. The van der Waals surface area contributed by atoms with Crippen LogP contribution in [-0.4, -0.2) is 47.3 Å². The van der Waals surface area contributed by atoms with Crippen molar-refractivity contribution in [2.75, 3.05) is 32.8 Å². The Labute approximate surface area is 83.8 Å². The molecule has 0 atom stereocenters. The zero-order valence-corrected chi connectivity index (χ0v) is 10.3. The van der Waals surface area contributed by atoms with Crippen molar-refractivity contribution in [3.8, 4) is 0 Å². The van der Waals surface area contributed by atoms with E-state index in [-0.39, 0.29) is 9.52 Å². The number of ether oxygens (including phenoxy) is 1. The van der Waals surface area contributed by atoms with E-state index in [4.69, 9.17) is 4.74 Å². The summed E-state index contributed by atoms with van der Waals surface area (Å²) in [6.07, 6.45) is 0. The molecule has 1 saturated heterocycles. The van der Waals surface area contributed by atoms with E-state index in [0.29, 0.717) is 0 Å². The van der Waals surface area contributed by atoms with Gasteiger partial charge < -0.3 is 4.74 Å². The Morgan fingerprint density at radius 2 is 2.08 bits per heavy atom. The van der Waals surface area contributed by atoms with Crippen LogP contribution in [0.5, 0.6) is 0 Å². The minimum atomic E-state index is 0.0743. The first-order chi connectivity index (χ1) is 6.29. The van der Waals surface area contributed by atoms with Crippen molar-refractivity contribution in [2.24, 2.45) is 0 Å². The predicted molar refractivity (Wildman–Crippen MR) is 60.0 cm³/mol. The molecule has 0 unspecified atom stereocenters. The first kappa shape index (κ1) is 11.0. The highest BCUT2D eigenvalue weighted by atomic mass is 28.2. The highest BCUT2D eigenvalue weighted by Gasteiger charge is 2.08. The average molecular weight is 199 g/mol. The highest BCUT2D eigenvalue weighted by Crippen LogP contribution is 1.98. The first-order valence-corrected chi connectivity index (χ1v) is 7.04. The Bertz CT molecular complexity index is 160. The van der Waals surface area contributed by atoms with Crippen molar-refractivity contribution in [3.63, 3.8) is 0 Å². The van der Waals surface area contributed by atoms with E-state index < -0.39 is 0 Å². The molecule has 1 aliphatic rings. The summed E-state index contributed by atoms with van der Waals surface area (Å²) in [5.41, 5.74) is 3.95. The van der Waals surface area contributed by atoms with Gasteiger partial charge in [0, 0.05) is 22.6 Å². The summed E-state index contributed by atoms with van der Waals surface area (Å²) in [6.45, 7) is 9.84. The molecular weight excluding hydrogens is 178 g/mol. The van der Waals surface area contributed by atoms with E-state index in [1.165, 1.54) is 18.2 Å². The third-order valence-electron chi connectivity index (χ3n) is 2.33. The second kappa shape index (κ2) is 6.35. The van der Waals surface area contributed by atoms with Gasteiger partial charge in [-0.1, -0.05) is 5.57 Å². The van der Waals surface area contributed by atoms with Crippen molar-refractivity contribution >= 4 is 9.52 Å². The molecule has 1 fully saturated rings. The van der Waals surface area contributed by atoms with Crippen LogP contribution in [0.15, 0.2) is 11.3 Å². The Kier molecular flexibility index (Phi) is 5.35. The van der Waals surface area contributed by atoms with Crippen LogP contribution < -0.4 is 0 Å². The molecule has 3 heteroatoms. The summed E-state index contributed by atoms with van der Waals surface area (Å²) >= 11 is 0. The molecule has 0 amide bonds. The predicted octanol–water partition coefficient (Wildman–Crippen LogP) is 0.829. The topological polar surface area (TPSA) is 12.5 Å². The van der Waals surface area contributed by atoms with Crippen LogP contribution in [0.25, 0.3) is 0 Å². The molecular formula is C10H21NOSi. The van der Waals surface area contributed by atoms with Crippen molar-refractivity contribution in [1.82, 2.24) is 4.90 Å². The van der Waals surface area contributed by atoms with Crippen LogP contribution >= 0.6 is 0 Å². The zero-order valence-electron chi connectivity index (χ0n) is 8.88. The number of rotatable bonds is 4. The van der Waals surface area contributed by atoms with E-state index in [2.05, 4.69) is 24.4 Å². The molecule has 0 N–H and O–H groups in total. The molecule has 0 aromatic heterocycles. The lowest BCUT2D eigenvalue weighted by molar-refractivity contribution is 0.0405. The van der Waals surface area contributed by atoms with E-state index in [9.17, 15) is 0 Å². The van der Waals surface area contributed by atoms with Gasteiger partial charge >= 0.3 is 0 Å². The van der Waals surface area contributed by atoms with Gasteiger partial charge in [-0.2, -0.15) is 0 Å². The molecule has 13 heavy (non-hydrogen) atoms. The lowest BCUT2D eigenvalue weighted by atomic mass is 10.4. The minimum Gasteiger partial charge on any atom is -0.379 e. The highest BCUT2D eigenvalue weighted by molar-refractivity contribution is 6.42. The summed E-state index contributed by atoms with van der Waals surface area (Å²) in [4.78, 5) is 2.52. The van der Waals surface area contributed by atoms with Crippen LogP contribution in [0.3, 0.4) is 0 Å².